The summed E-state index contributed by atoms with van der Waals surface area (Å²) in [5, 5.41) is 0. The number of hydrogen-bond donors (Lipinski definition) is 0. The average molecular weight is 387 g/mol. The topological polar surface area (TPSA) is 72.9 Å². The molecule has 2 amide bonds. The summed E-state index contributed by atoms with van der Waals surface area (Å²) >= 11 is 0. The Bertz CT molecular complexity index is 716. The summed E-state index contributed by atoms with van der Waals surface area (Å²) in [4.78, 5) is 39.2. The number of esters is 1. The molecule has 152 valence electrons. The molecule has 0 radical (unpaired) electrons. The molecule has 6 nitrogen and oxygen atoms in total. The molecule has 0 spiro atoms. The van der Waals surface area contributed by atoms with Crippen LogP contribution in [0.3, 0.4) is 0 Å². The first-order valence-electron chi connectivity index (χ1n) is 10.1. The van der Waals surface area contributed by atoms with Gasteiger partial charge < -0.3 is 9.47 Å². The summed E-state index contributed by atoms with van der Waals surface area (Å²) in [6.07, 6.45) is 4.93. The summed E-state index contributed by atoms with van der Waals surface area (Å²) < 4.78 is 11.5. The van der Waals surface area contributed by atoms with Crippen molar-refractivity contribution in [3.63, 3.8) is 0 Å². The van der Waals surface area contributed by atoms with Gasteiger partial charge in [0, 0.05) is 0 Å². The van der Waals surface area contributed by atoms with E-state index in [0.29, 0.717) is 17.5 Å². The normalized spacial score (nSPS) is 18.9. The second kappa shape index (κ2) is 8.43. The maximum atomic E-state index is 12.7. The predicted molar refractivity (Wildman–Crippen MR) is 104 cm³/mol. The van der Waals surface area contributed by atoms with Crippen molar-refractivity contribution in [1.82, 2.24) is 4.90 Å². The van der Waals surface area contributed by atoms with E-state index >= 15 is 0 Å². The Balaban J connectivity index is 1.62. The van der Waals surface area contributed by atoms with Gasteiger partial charge in [0.2, 0.25) is 0 Å². The maximum Gasteiger partial charge on any atom is 0.335 e. The van der Waals surface area contributed by atoms with Gasteiger partial charge in [-0.3, -0.25) is 14.5 Å². The molecule has 28 heavy (non-hydrogen) atoms. The van der Waals surface area contributed by atoms with Crippen LogP contribution in [0.1, 0.15) is 80.0 Å². The van der Waals surface area contributed by atoms with Crippen molar-refractivity contribution < 1.29 is 23.9 Å². The van der Waals surface area contributed by atoms with Gasteiger partial charge in [-0.15, -0.1) is 0 Å². The third-order valence-electron chi connectivity index (χ3n) is 5.51. The predicted octanol–water partition coefficient (Wildman–Crippen LogP) is 3.73. The van der Waals surface area contributed by atoms with Crippen molar-refractivity contribution in [3.05, 3.63) is 35.4 Å². The Morgan fingerprint density at radius 1 is 1.11 bits per heavy atom. The van der Waals surface area contributed by atoms with Crippen molar-refractivity contribution >= 4 is 17.8 Å². The summed E-state index contributed by atoms with van der Waals surface area (Å²) in [5.41, 5.74) is -0.0696. The molecule has 1 unspecified atom stereocenters. The molecule has 6 heteroatoms. The van der Waals surface area contributed by atoms with E-state index in [1.807, 2.05) is 6.92 Å². The molecule has 3 rings (SSSR count). The van der Waals surface area contributed by atoms with Gasteiger partial charge in [0.25, 0.3) is 11.8 Å². The smallest absolute Gasteiger partial charge is 0.335 e. The van der Waals surface area contributed by atoms with Gasteiger partial charge in [0.1, 0.15) is 6.10 Å². The lowest BCUT2D eigenvalue weighted by Crippen LogP contribution is -2.51. The van der Waals surface area contributed by atoms with Crippen LogP contribution in [0.2, 0.25) is 0 Å². The molecule has 1 aromatic carbocycles. The molecule has 1 aliphatic heterocycles. The quantitative estimate of drug-likeness (QED) is 0.526. The van der Waals surface area contributed by atoms with Crippen molar-refractivity contribution in [2.45, 2.75) is 77.0 Å². The third-order valence-corrected chi connectivity index (χ3v) is 5.51. The lowest BCUT2D eigenvalue weighted by molar-refractivity contribution is -0.166. The molecule has 0 N–H and O–H groups in total. The van der Waals surface area contributed by atoms with Crippen molar-refractivity contribution in [2.24, 2.45) is 0 Å². The number of hydrogen-bond acceptors (Lipinski definition) is 5. The van der Waals surface area contributed by atoms with Crippen molar-refractivity contribution in [1.29, 1.82) is 0 Å². The van der Waals surface area contributed by atoms with Crippen LogP contribution in [-0.4, -0.2) is 47.0 Å². The van der Waals surface area contributed by atoms with E-state index in [0.717, 1.165) is 25.7 Å². The molecule has 1 atom stereocenters. The van der Waals surface area contributed by atoms with Crippen LogP contribution in [0.25, 0.3) is 0 Å². The summed E-state index contributed by atoms with van der Waals surface area (Å²) in [7, 11) is 0. The maximum absolute atomic E-state index is 12.7. The first-order valence-corrected chi connectivity index (χ1v) is 10.1. The number of amides is 2. The van der Waals surface area contributed by atoms with E-state index in [4.69, 9.17) is 9.47 Å². The van der Waals surface area contributed by atoms with Crippen LogP contribution < -0.4 is 0 Å². The molecule has 1 aliphatic carbocycles. The van der Waals surface area contributed by atoms with Gasteiger partial charge in [-0.05, 0) is 58.1 Å². The van der Waals surface area contributed by atoms with E-state index in [1.54, 1.807) is 38.1 Å². The molecule has 2 aliphatic rings. The number of rotatable bonds is 7. The molecule has 1 heterocycles. The standard InChI is InChI=1S/C22H29NO5/c1-4-18(21(26)28-15-10-6-5-7-11-15)27-14-22(2,3)23-19(24)16-12-8-9-13-17(16)20(23)25/h8-9,12-13,15,18H,4-7,10-11,14H2,1-3H3. The second-order valence-electron chi connectivity index (χ2n) is 8.21. The second-order valence-corrected chi connectivity index (χ2v) is 8.21. The summed E-state index contributed by atoms with van der Waals surface area (Å²) in [6, 6.07) is 6.79. The number of carbonyl (C=O) groups excluding carboxylic acids is 3. The fourth-order valence-electron chi connectivity index (χ4n) is 3.88. The number of imide groups is 1. The van der Waals surface area contributed by atoms with Gasteiger partial charge in [-0.25, -0.2) is 4.79 Å². The number of ether oxygens (including phenoxy) is 2. The number of nitrogens with zero attached hydrogens (tertiary/aromatic N) is 1. The van der Waals surface area contributed by atoms with E-state index in [9.17, 15) is 14.4 Å². The van der Waals surface area contributed by atoms with Gasteiger partial charge in [0.15, 0.2) is 6.10 Å². The molecule has 0 aromatic heterocycles. The van der Waals surface area contributed by atoms with E-state index < -0.39 is 11.6 Å². The molecular weight excluding hydrogens is 358 g/mol. The highest BCUT2D eigenvalue weighted by molar-refractivity contribution is 6.21. The largest absolute Gasteiger partial charge is 0.460 e. The zero-order valence-electron chi connectivity index (χ0n) is 16.9. The summed E-state index contributed by atoms with van der Waals surface area (Å²) in [5.74, 6) is -1.01. The van der Waals surface area contributed by atoms with Gasteiger partial charge in [-0.1, -0.05) is 25.5 Å². The van der Waals surface area contributed by atoms with Crippen LogP contribution in [0.15, 0.2) is 24.3 Å². The average Bonchev–Trinajstić information content (AvgIpc) is 2.94. The van der Waals surface area contributed by atoms with Crippen LogP contribution >= 0.6 is 0 Å². The highest BCUT2D eigenvalue weighted by Crippen LogP contribution is 2.30. The highest BCUT2D eigenvalue weighted by Gasteiger charge is 2.44. The van der Waals surface area contributed by atoms with Crippen LogP contribution in [-0.2, 0) is 14.3 Å². The van der Waals surface area contributed by atoms with Gasteiger partial charge >= 0.3 is 5.97 Å². The molecular formula is C22H29NO5. The minimum absolute atomic E-state index is 0.0249. The number of fused-ring (bicyclic) bond motifs is 1. The van der Waals surface area contributed by atoms with Crippen LogP contribution in [0, 0.1) is 0 Å². The van der Waals surface area contributed by atoms with Gasteiger partial charge in [-0.2, -0.15) is 0 Å². The van der Waals surface area contributed by atoms with E-state index in [1.165, 1.54) is 11.3 Å². The Kier molecular flexibility index (Phi) is 6.18. The minimum atomic E-state index is -0.883. The lowest BCUT2D eigenvalue weighted by Gasteiger charge is -2.34. The van der Waals surface area contributed by atoms with Crippen LogP contribution in [0.4, 0.5) is 0 Å². The molecule has 0 bridgehead atoms. The van der Waals surface area contributed by atoms with Crippen molar-refractivity contribution in [3.8, 4) is 0 Å². The monoisotopic (exact) mass is 387 g/mol. The Morgan fingerprint density at radius 2 is 1.68 bits per heavy atom. The third kappa shape index (κ3) is 4.12. The Labute approximate surface area is 166 Å². The van der Waals surface area contributed by atoms with Crippen LogP contribution in [0.5, 0.6) is 0 Å². The SMILES string of the molecule is CCC(OCC(C)(C)N1C(=O)c2ccccc2C1=O)C(=O)OC1CCCCC1. The Hall–Kier alpha value is -2.21. The van der Waals surface area contributed by atoms with E-state index in [2.05, 4.69) is 0 Å². The minimum Gasteiger partial charge on any atom is -0.460 e. The van der Waals surface area contributed by atoms with Crippen molar-refractivity contribution in [2.75, 3.05) is 6.61 Å². The zero-order chi connectivity index (χ0) is 20.3. The molecule has 1 saturated carbocycles. The van der Waals surface area contributed by atoms with Gasteiger partial charge in [0.05, 0.1) is 23.3 Å². The Morgan fingerprint density at radius 3 is 2.21 bits per heavy atom. The highest BCUT2D eigenvalue weighted by atomic mass is 16.6. The molecule has 1 fully saturated rings. The fraction of sp³-hybridized carbons (Fsp3) is 0.591. The lowest BCUT2D eigenvalue weighted by atomic mass is 9.98. The summed E-state index contributed by atoms with van der Waals surface area (Å²) in [6.45, 7) is 5.47. The fourth-order valence-corrected chi connectivity index (χ4v) is 3.88. The first kappa shape index (κ1) is 20.5. The van der Waals surface area contributed by atoms with E-state index in [-0.39, 0.29) is 30.5 Å². The first-order chi connectivity index (χ1) is 13.3. The zero-order valence-corrected chi connectivity index (χ0v) is 16.9. The number of benzene rings is 1. The molecule has 0 saturated heterocycles. The number of carbonyl (C=O) groups is 3. The molecule has 1 aromatic rings.